The topological polar surface area (TPSA) is 108 Å². The van der Waals surface area contributed by atoms with Crippen LogP contribution in [0.25, 0.3) is 0 Å². The summed E-state index contributed by atoms with van der Waals surface area (Å²) in [6.45, 7) is -0.558. The molecule has 0 saturated carbocycles. The van der Waals surface area contributed by atoms with Crippen molar-refractivity contribution in [1.29, 1.82) is 0 Å². The maximum atomic E-state index is 12.2. The molecule has 1 fully saturated rings. The summed E-state index contributed by atoms with van der Waals surface area (Å²) >= 11 is 0. The highest BCUT2D eigenvalue weighted by Crippen LogP contribution is 2.28. The second-order valence-electron chi connectivity index (χ2n) is 3.94. The zero-order chi connectivity index (χ0) is 14.2. The number of ether oxygens (including phenoxy) is 1. The Hall–Kier alpha value is -1.62. The van der Waals surface area contributed by atoms with E-state index in [2.05, 4.69) is 4.98 Å². The van der Waals surface area contributed by atoms with Gasteiger partial charge in [-0.2, -0.15) is 4.98 Å². The van der Waals surface area contributed by atoms with E-state index in [1.807, 2.05) is 0 Å². The van der Waals surface area contributed by atoms with Gasteiger partial charge in [0.1, 0.15) is 18.3 Å². The Kier molecular flexibility index (Phi) is 3.75. The van der Waals surface area contributed by atoms with E-state index in [-0.39, 0.29) is 0 Å². The molecule has 0 amide bonds. The molecule has 1 aliphatic heterocycles. The summed E-state index contributed by atoms with van der Waals surface area (Å²) in [6, 6.07) is 0.843. The van der Waals surface area contributed by atoms with Crippen LogP contribution in [0, 0.1) is 0 Å². The predicted octanol–water partition coefficient (Wildman–Crippen LogP) is -1.57. The summed E-state index contributed by atoms with van der Waals surface area (Å²) in [5.41, 5.74) is -1.08. The first-order valence-electron chi connectivity index (χ1n) is 5.29. The van der Waals surface area contributed by atoms with Crippen molar-refractivity contribution in [2.24, 2.45) is 0 Å². The molecule has 10 heteroatoms. The van der Waals surface area contributed by atoms with Gasteiger partial charge in [0.15, 0.2) is 6.23 Å². The van der Waals surface area contributed by atoms with E-state index in [4.69, 9.17) is 9.84 Å². The van der Waals surface area contributed by atoms with Crippen LogP contribution in [0.3, 0.4) is 0 Å². The molecule has 19 heavy (non-hydrogen) atoms. The van der Waals surface area contributed by atoms with E-state index in [0.717, 1.165) is 16.8 Å². The quantitative estimate of drug-likeness (QED) is 0.574. The van der Waals surface area contributed by atoms with E-state index < -0.39 is 48.0 Å². The van der Waals surface area contributed by atoms with Crippen LogP contribution in [0.2, 0.25) is 0 Å². The van der Waals surface area contributed by atoms with Crippen LogP contribution in [0.4, 0.5) is 14.8 Å². The zero-order valence-corrected chi connectivity index (χ0v) is 9.43. The molecule has 1 aromatic rings. The number of nitrogens with zero attached hydrogens (tertiary/aromatic N) is 3. The van der Waals surface area contributed by atoms with Gasteiger partial charge in [0.25, 0.3) is 0 Å². The minimum atomic E-state index is -1.48. The highest BCUT2D eigenvalue weighted by molar-refractivity contribution is 5.29. The van der Waals surface area contributed by atoms with E-state index in [1.165, 1.54) is 0 Å². The standard InChI is InChI=1S/C9H11F2N3O5/c10-14(11)5-1-2-13(9(18)12-5)8-7(17)6(16)4(3-15)19-8/h1-2,4,6-8,15-17H,3H2/t4-,6?,7?,8-/m1/s1. The Morgan fingerprint density at radius 3 is 2.58 bits per heavy atom. The third-order valence-corrected chi connectivity index (χ3v) is 2.78. The van der Waals surface area contributed by atoms with Gasteiger partial charge in [-0.3, -0.25) is 4.57 Å². The summed E-state index contributed by atoms with van der Waals surface area (Å²) in [6.07, 6.45) is -4.27. The first-order chi connectivity index (χ1) is 8.95. The number of hydrogen-bond donors (Lipinski definition) is 3. The number of aromatic nitrogens is 2. The number of halogens is 2. The Labute approximate surface area is 105 Å². The number of aliphatic hydroxyl groups excluding tert-OH is 3. The van der Waals surface area contributed by atoms with E-state index in [9.17, 15) is 24.0 Å². The van der Waals surface area contributed by atoms with Crippen LogP contribution in [-0.2, 0) is 4.74 Å². The molecule has 2 rings (SSSR count). The van der Waals surface area contributed by atoms with Crippen molar-refractivity contribution in [2.45, 2.75) is 24.5 Å². The highest BCUT2D eigenvalue weighted by Gasteiger charge is 2.43. The fourth-order valence-corrected chi connectivity index (χ4v) is 1.80. The fraction of sp³-hybridized carbons (Fsp3) is 0.556. The Morgan fingerprint density at radius 2 is 2.11 bits per heavy atom. The highest BCUT2D eigenvalue weighted by atomic mass is 19.4. The lowest BCUT2D eigenvalue weighted by molar-refractivity contribution is -0.0550. The largest absolute Gasteiger partial charge is 0.394 e. The molecular weight excluding hydrogens is 268 g/mol. The monoisotopic (exact) mass is 279 g/mol. The summed E-state index contributed by atoms with van der Waals surface area (Å²) in [4.78, 5) is 14.6. The minimum absolute atomic E-state index is 0.558. The van der Waals surface area contributed by atoms with Gasteiger partial charge in [0.2, 0.25) is 5.82 Å². The molecule has 8 nitrogen and oxygen atoms in total. The maximum absolute atomic E-state index is 12.2. The smallest absolute Gasteiger partial charge is 0.351 e. The van der Waals surface area contributed by atoms with Crippen molar-refractivity contribution in [3.05, 3.63) is 22.7 Å². The third kappa shape index (κ3) is 2.42. The molecule has 106 valence electrons. The SMILES string of the molecule is O=c1nc(N(F)F)ccn1[C@@H]1O[C@H](CO)C(O)C1O. The first kappa shape index (κ1) is 13.8. The average molecular weight is 279 g/mol. The van der Waals surface area contributed by atoms with Crippen molar-refractivity contribution in [2.75, 3.05) is 12.0 Å². The van der Waals surface area contributed by atoms with Crippen molar-refractivity contribution >= 4 is 5.82 Å². The van der Waals surface area contributed by atoms with Gasteiger partial charge in [-0.05, 0) is 5.34 Å². The lowest BCUT2D eigenvalue weighted by atomic mass is 10.1. The Morgan fingerprint density at radius 1 is 1.42 bits per heavy atom. The van der Waals surface area contributed by atoms with Crippen LogP contribution < -0.4 is 11.0 Å². The van der Waals surface area contributed by atoms with Crippen molar-refractivity contribution in [3.63, 3.8) is 0 Å². The van der Waals surface area contributed by atoms with Gasteiger partial charge in [0, 0.05) is 12.3 Å². The van der Waals surface area contributed by atoms with E-state index in [1.54, 1.807) is 0 Å². The van der Waals surface area contributed by atoms with Gasteiger partial charge >= 0.3 is 5.69 Å². The van der Waals surface area contributed by atoms with Gasteiger partial charge in [-0.15, -0.1) is 0 Å². The summed E-state index contributed by atoms with van der Waals surface area (Å²) in [5.74, 6) is -0.854. The predicted molar refractivity (Wildman–Crippen MR) is 56.2 cm³/mol. The van der Waals surface area contributed by atoms with Gasteiger partial charge in [-0.25, -0.2) is 4.79 Å². The number of anilines is 1. The van der Waals surface area contributed by atoms with E-state index >= 15 is 0 Å². The number of hydrogen-bond acceptors (Lipinski definition) is 7. The zero-order valence-electron chi connectivity index (χ0n) is 9.43. The molecule has 0 spiro atoms. The normalized spacial score (nSPS) is 30.6. The maximum Gasteiger partial charge on any atom is 0.351 e. The molecule has 1 saturated heterocycles. The van der Waals surface area contributed by atoms with Crippen molar-refractivity contribution in [3.8, 4) is 0 Å². The number of rotatable bonds is 3. The second-order valence-corrected chi connectivity index (χ2v) is 3.94. The van der Waals surface area contributed by atoms with Crippen LogP contribution >= 0.6 is 0 Å². The van der Waals surface area contributed by atoms with Crippen LogP contribution in [0.15, 0.2) is 17.1 Å². The first-order valence-corrected chi connectivity index (χ1v) is 5.29. The molecule has 1 aliphatic rings. The van der Waals surface area contributed by atoms with E-state index in [0.29, 0.717) is 0 Å². The molecule has 0 aliphatic carbocycles. The fourth-order valence-electron chi connectivity index (χ4n) is 1.80. The molecule has 2 heterocycles. The minimum Gasteiger partial charge on any atom is -0.394 e. The average Bonchev–Trinajstić information content (AvgIpc) is 2.66. The van der Waals surface area contributed by atoms with Crippen molar-refractivity contribution < 1.29 is 29.0 Å². The molecule has 3 N–H and O–H groups in total. The Balaban J connectivity index is 2.31. The summed E-state index contributed by atoms with van der Waals surface area (Å²) in [5, 5.41) is 26.8. The summed E-state index contributed by atoms with van der Waals surface area (Å²) in [7, 11) is 0. The van der Waals surface area contributed by atoms with Crippen LogP contribution in [0.5, 0.6) is 0 Å². The lowest BCUT2D eigenvalue weighted by Crippen LogP contribution is -2.36. The molecular formula is C9H11F2N3O5. The van der Waals surface area contributed by atoms with Gasteiger partial charge in [0.05, 0.1) is 6.61 Å². The van der Waals surface area contributed by atoms with Gasteiger partial charge in [-0.1, -0.05) is 8.96 Å². The molecule has 0 aromatic carbocycles. The summed E-state index contributed by atoms with van der Waals surface area (Å²) < 4.78 is 30.2. The Bertz CT molecular complexity index is 511. The van der Waals surface area contributed by atoms with Gasteiger partial charge < -0.3 is 20.1 Å². The lowest BCUT2D eigenvalue weighted by Gasteiger charge is -2.17. The second kappa shape index (κ2) is 5.17. The molecule has 4 atom stereocenters. The molecule has 1 aromatic heterocycles. The molecule has 0 radical (unpaired) electrons. The molecule has 2 unspecified atom stereocenters. The van der Waals surface area contributed by atoms with Crippen molar-refractivity contribution in [1.82, 2.24) is 9.55 Å². The van der Waals surface area contributed by atoms with Crippen LogP contribution in [0.1, 0.15) is 6.23 Å². The third-order valence-electron chi connectivity index (χ3n) is 2.78. The van der Waals surface area contributed by atoms with Crippen LogP contribution in [-0.4, -0.2) is 49.8 Å². The number of aliphatic hydroxyl groups is 3. The molecule has 0 bridgehead atoms.